The summed E-state index contributed by atoms with van der Waals surface area (Å²) in [6, 6.07) is 7.53. The second kappa shape index (κ2) is 4.31. The number of aldehydes is 1. The fourth-order valence-corrected chi connectivity index (χ4v) is 1.77. The van der Waals surface area contributed by atoms with Gasteiger partial charge < -0.3 is 4.57 Å². The number of nitrogens with zero attached hydrogens (tertiary/aromatic N) is 2. The molecule has 0 bridgehead atoms. The lowest BCUT2D eigenvalue weighted by Gasteiger charge is -2.06. The molecule has 3 heteroatoms. The number of rotatable bonds is 3. The van der Waals surface area contributed by atoms with Crippen molar-refractivity contribution in [2.45, 2.75) is 20.3 Å². The average Bonchev–Trinajstić information content (AvgIpc) is 2.70. The summed E-state index contributed by atoms with van der Waals surface area (Å²) in [7, 11) is 0. The zero-order valence-corrected chi connectivity index (χ0v) is 9.47. The number of aryl methyl sites for hydroxylation is 2. The second-order valence-corrected chi connectivity index (χ2v) is 3.73. The average molecular weight is 214 g/mol. The Morgan fingerprint density at radius 3 is 2.94 bits per heavy atom. The first-order valence-electron chi connectivity index (χ1n) is 5.35. The summed E-state index contributed by atoms with van der Waals surface area (Å²) in [6.07, 6.45) is 3.72. The zero-order chi connectivity index (χ0) is 11.5. The third-order valence-corrected chi connectivity index (χ3v) is 2.50. The smallest absolute Gasteiger partial charge is 0.150 e. The number of aromatic nitrogens is 2. The molecule has 0 saturated carbocycles. The maximum atomic E-state index is 10.7. The number of carbonyl (C=O) groups excluding carboxylic acids is 1. The van der Waals surface area contributed by atoms with E-state index in [0.717, 1.165) is 29.9 Å². The van der Waals surface area contributed by atoms with Gasteiger partial charge in [-0.1, -0.05) is 19.1 Å². The van der Waals surface area contributed by atoms with Crippen molar-refractivity contribution in [2.24, 2.45) is 0 Å². The van der Waals surface area contributed by atoms with Gasteiger partial charge in [-0.2, -0.15) is 0 Å². The molecule has 0 N–H and O–H groups in total. The van der Waals surface area contributed by atoms with E-state index in [4.69, 9.17) is 0 Å². The first-order valence-corrected chi connectivity index (χ1v) is 5.35. The lowest BCUT2D eigenvalue weighted by molar-refractivity contribution is 0.112. The molecule has 0 fully saturated rings. The molecule has 0 saturated heterocycles. The molecule has 3 nitrogen and oxygen atoms in total. The van der Waals surface area contributed by atoms with E-state index in [1.54, 1.807) is 6.07 Å². The summed E-state index contributed by atoms with van der Waals surface area (Å²) >= 11 is 0. The molecule has 82 valence electrons. The Morgan fingerprint density at radius 2 is 2.25 bits per heavy atom. The number of hydrogen-bond donors (Lipinski definition) is 0. The minimum absolute atomic E-state index is 0.686. The summed E-state index contributed by atoms with van der Waals surface area (Å²) in [5.41, 5.74) is 2.67. The molecule has 16 heavy (non-hydrogen) atoms. The Kier molecular flexibility index (Phi) is 2.86. The van der Waals surface area contributed by atoms with Crippen molar-refractivity contribution < 1.29 is 4.79 Å². The maximum Gasteiger partial charge on any atom is 0.150 e. The SMILES string of the molecule is CCc1nc(C)cn1-c1cccc(C=O)c1. The van der Waals surface area contributed by atoms with Crippen LogP contribution in [0, 0.1) is 6.92 Å². The molecule has 0 atom stereocenters. The van der Waals surface area contributed by atoms with E-state index in [2.05, 4.69) is 11.9 Å². The Hall–Kier alpha value is -1.90. The topological polar surface area (TPSA) is 34.9 Å². The summed E-state index contributed by atoms with van der Waals surface area (Å²) in [4.78, 5) is 15.2. The van der Waals surface area contributed by atoms with E-state index in [-0.39, 0.29) is 0 Å². The van der Waals surface area contributed by atoms with E-state index >= 15 is 0 Å². The van der Waals surface area contributed by atoms with Gasteiger partial charge in [-0.15, -0.1) is 0 Å². The number of hydrogen-bond acceptors (Lipinski definition) is 2. The highest BCUT2D eigenvalue weighted by molar-refractivity contribution is 5.75. The quantitative estimate of drug-likeness (QED) is 0.736. The van der Waals surface area contributed by atoms with Crippen molar-refractivity contribution in [3.05, 3.63) is 47.5 Å². The third-order valence-electron chi connectivity index (χ3n) is 2.50. The van der Waals surface area contributed by atoms with Crippen molar-refractivity contribution in [1.29, 1.82) is 0 Å². The number of benzene rings is 1. The number of carbonyl (C=O) groups is 1. The molecule has 0 unspecified atom stereocenters. The molecule has 0 aliphatic heterocycles. The zero-order valence-electron chi connectivity index (χ0n) is 9.47. The van der Waals surface area contributed by atoms with E-state index in [9.17, 15) is 4.79 Å². The predicted molar refractivity (Wildman–Crippen MR) is 63.1 cm³/mol. The van der Waals surface area contributed by atoms with Crippen LogP contribution in [0.15, 0.2) is 30.5 Å². The highest BCUT2D eigenvalue weighted by Crippen LogP contribution is 2.14. The van der Waals surface area contributed by atoms with Crippen LogP contribution in [0.2, 0.25) is 0 Å². The molecule has 1 heterocycles. The summed E-state index contributed by atoms with van der Waals surface area (Å²) in [5, 5.41) is 0. The summed E-state index contributed by atoms with van der Waals surface area (Å²) < 4.78 is 2.03. The van der Waals surface area contributed by atoms with Crippen LogP contribution >= 0.6 is 0 Å². The molecule has 1 aromatic heterocycles. The molecule has 0 aliphatic carbocycles. The molecule has 2 aromatic rings. The van der Waals surface area contributed by atoms with Crippen molar-refractivity contribution in [3.8, 4) is 5.69 Å². The van der Waals surface area contributed by atoms with Crippen LogP contribution in [-0.4, -0.2) is 15.8 Å². The largest absolute Gasteiger partial charge is 0.303 e. The predicted octanol–water partition coefficient (Wildman–Crippen LogP) is 2.56. The van der Waals surface area contributed by atoms with Crippen LogP contribution in [0.4, 0.5) is 0 Å². The van der Waals surface area contributed by atoms with Gasteiger partial charge in [-0.25, -0.2) is 4.98 Å². The van der Waals surface area contributed by atoms with Gasteiger partial charge >= 0.3 is 0 Å². The minimum Gasteiger partial charge on any atom is -0.303 e. The van der Waals surface area contributed by atoms with Crippen LogP contribution in [0.25, 0.3) is 5.69 Å². The van der Waals surface area contributed by atoms with Crippen LogP contribution in [0.5, 0.6) is 0 Å². The monoisotopic (exact) mass is 214 g/mol. The maximum absolute atomic E-state index is 10.7. The third kappa shape index (κ3) is 1.89. The van der Waals surface area contributed by atoms with Gasteiger partial charge in [0.2, 0.25) is 0 Å². The lowest BCUT2D eigenvalue weighted by atomic mass is 10.2. The van der Waals surface area contributed by atoms with E-state index in [0.29, 0.717) is 5.56 Å². The van der Waals surface area contributed by atoms with E-state index < -0.39 is 0 Å². The minimum atomic E-state index is 0.686. The Morgan fingerprint density at radius 1 is 1.44 bits per heavy atom. The number of imidazole rings is 1. The van der Waals surface area contributed by atoms with Crippen LogP contribution in [0.3, 0.4) is 0 Å². The Balaban J connectivity index is 2.52. The Labute approximate surface area is 94.7 Å². The molecular formula is C13H14N2O. The molecule has 0 spiro atoms. The molecule has 0 amide bonds. The van der Waals surface area contributed by atoms with Crippen molar-refractivity contribution in [2.75, 3.05) is 0 Å². The van der Waals surface area contributed by atoms with Crippen molar-refractivity contribution in [3.63, 3.8) is 0 Å². The van der Waals surface area contributed by atoms with Crippen LogP contribution in [0.1, 0.15) is 28.8 Å². The summed E-state index contributed by atoms with van der Waals surface area (Å²) in [6.45, 7) is 4.04. The molecule has 0 radical (unpaired) electrons. The fourth-order valence-electron chi connectivity index (χ4n) is 1.77. The fraction of sp³-hybridized carbons (Fsp3) is 0.231. The van der Waals surface area contributed by atoms with Gasteiger partial charge in [0.25, 0.3) is 0 Å². The second-order valence-electron chi connectivity index (χ2n) is 3.73. The first kappa shape index (κ1) is 10.6. The highest BCUT2D eigenvalue weighted by Gasteiger charge is 2.05. The molecule has 0 aliphatic rings. The van der Waals surface area contributed by atoms with Gasteiger partial charge in [0.1, 0.15) is 12.1 Å². The highest BCUT2D eigenvalue weighted by atomic mass is 16.1. The van der Waals surface area contributed by atoms with E-state index in [1.165, 1.54) is 0 Å². The Bertz CT molecular complexity index is 514. The first-order chi connectivity index (χ1) is 7.74. The molecule has 1 aromatic carbocycles. The van der Waals surface area contributed by atoms with Crippen LogP contribution in [-0.2, 0) is 6.42 Å². The molecular weight excluding hydrogens is 200 g/mol. The van der Waals surface area contributed by atoms with Gasteiger partial charge in [0, 0.05) is 23.9 Å². The van der Waals surface area contributed by atoms with Gasteiger partial charge in [0.05, 0.1) is 5.69 Å². The van der Waals surface area contributed by atoms with Gasteiger partial charge in [-0.3, -0.25) is 4.79 Å². The standard InChI is InChI=1S/C13H14N2O/c1-3-13-14-10(2)8-15(13)12-6-4-5-11(7-12)9-16/h4-9H,3H2,1-2H3. The summed E-state index contributed by atoms with van der Waals surface area (Å²) in [5.74, 6) is 1.01. The van der Waals surface area contributed by atoms with E-state index in [1.807, 2.05) is 35.9 Å². The van der Waals surface area contributed by atoms with Crippen molar-refractivity contribution in [1.82, 2.24) is 9.55 Å². The lowest BCUT2D eigenvalue weighted by Crippen LogP contribution is -1.99. The van der Waals surface area contributed by atoms with Gasteiger partial charge in [-0.05, 0) is 19.1 Å². The van der Waals surface area contributed by atoms with Gasteiger partial charge in [0.15, 0.2) is 0 Å². The van der Waals surface area contributed by atoms with Crippen LogP contribution < -0.4 is 0 Å². The normalized spacial score (nSPS) is 10.4. The molecule has 2 rings (SSSR count). The van der Waals surface area contributed by atoms with Crippen molar-refractivity contribution >= 4 is 6.29 Å².